The van der Waals surface area contributed by atoms with Crippen LogP contribution < -0.4 is 0 Å². The molecule has 15 heavy (non-hydrogen) atoms. The molecule has 78 valence electrons. The first-order chi connectivity index (χ1) is 6.70. The minimum absolute atomic E-state index is 0. The highest BCUT2D eigenvalue weighted by Crippen LogP contribution is 2.25. The molecule has 1 aromatic carbocycles. The van der Waals surface area contributed by atoms with E-state index in [4.69, 9.17) is 0 Å². The van der Waals surface area contributed by atoms with E-state index in [0.29, 0.717) is 5.39 Å². The fourth-order valence-electron chi connectivity index (χ4n) is 1.50. The first-order valence-electron chi connectivity index (χ1n) is 4.19. The van der Waals surface area contributed by atoms with Crippen molar-refractivity contribution in [1.29, 1.82) is 0 Å². The van der Waals surface area contributed by atoms with Crippen molar-refractivity contribution in [2.24, 2.45) is 0 Å². The Balaban J connectivity index is 0.00000112. The molecule has 0 atom stereocenters. The Morgan fingerprint density at radius 3 is 2.67 bits per heavy atom. The number of fused-ring (bicyclic) bond motifs is 1. The predicted molar refractivity (Wildman–Crippen MR) is 63.5 cm³/mol. The van der Waals surface area contributed by atoms with Gasteiger partial charge in [0.2, 0.25) is 0 Å². The molecular weight excluding hydrogens is 260 g/mol. The molecule has 0 saturated carbocycles. The van der Waals surface area contributed by atoms with Crippen molar-refractivity contribution in [3.63, 3.8) is 0 Å². The summed E-state index contributed by atoms with van der Waals surface area (Å²) < 4.78 is 0. The zero-order valence-corrected chi connectivity index (χ0v) is 9.72. The molecule has 0 radical (unpaired) electrons. The second kappa shape index (κ2) is 4.35. The molecule has 1 aromatic heterocycles. The van der Waals surface area contributed by atoms with E-state index in [0.717, 1.165) is 11.1 Å². The monoisotopic (exact) mass is 268 g/mol. The van der Waals surface area contributed by atoms with Gasteiger partial charge >= 0.3 is 0 Å². The Morgan fingerprint density at radius 2 is 2.00 bits per heavy atom. The van der Waals surface area contributed by atoms with Crippen LogP contribution in [-0.4, -0.2) is 9.91 Å². The minimum atomic E-state index is -0.373. The number of aryl methyl sites for hydroxylation is 1. The van der Waals surface area contributed by atoms with Crippen LogP contribution in [0.25, 0.3) is 10.8 Å². The zero-order chi connectivity index (χ0) is 10.1. The number of non-ortho nitro benzene ring substituents is 1. The lowest BCUT2D eigenvalue weighted by Crippen LogP contribution is -1.91. The third kappa shape index (κ3) is 1.97. The summed E-state index contributed by atoms with van der Waals surface area (Å²) in [5.41, 5.74) is 0.944. The molecule has 0 spiro atoms. The summed E-state index contributed by atoms with van der Waals surface area (Å²) in [6, 6.07) is 6.68. The fraction of sp³-hybridized carbons (Fsp3) is 0.100. The molecular formula is C10H9BrN2O2. The molecule has 0 unspecified atom stereocenters. The summed E-state index contributed by atoms with van der Waals surface area (Å²) in [6.45, 7) is 1.84. The zero-order valence-electron chi connectivity index (χ0n) is 8.01. The van der Waals surface area contributed by atoms with Crippen molar-refractivity contribution in [3.05, 3.63) is 46.3 Å². The van der Waals surface area contributed by atoms with Crippen molar-refractivity contribution in [2.45, 2.75) is 6.92 Å². The van der Waals surface area contributed by atoms with E-state index < -0.39 is 0 Å². The van der Waals surface area contributed by atoms with Gasteiger partial charge in [-0.3, -0.25) is 15.1 Å². The average Bonchev–Trinajstić information content (AvgIpc) is 2.17. The van der Waals surface area contributed by atoms with Gasteiger partial charge in [-0.15, -0.1) is 17.0 Å². The van der Waals surface area contributed by atoms with Gasteiger partial charge in [0, 0.05) is 23.3 Å². The van der Waals surface area contributed by atoms with E-state index in [1.54, 1.807) is 18.3 Å². The molecule has 0 fully saturated rings. The Bertz CT molecular complexity index is 514. The van der Waals surface area contributed by atoms with Crippen LogP contribution >= 0.6 is 17.0 Å². The number of hydrogen-bond acceptors (Lipinski definition) is 3. The third-order valence-electron chi connectivity index (χ3n) is 2.18. The maximum Gasteiger partial charge on any atom is 0.277 e. The van der Waals surface area contributed by atoms with E-state index in [1.807, 2.05) is 13.0 Å². The van der Waals surface area contributed by atoms with Gasteiger partial charge in [0.15, 0.2) is 0 Å². The molecule has 2 rings (SSSR count). The highest BCUT2D eigenvalue weighted by molar-refractivity contribution is 8.93. The first kappa shape index (κ1) is 11.6. The third-order valence-corrected chi connectivity index (χ3v) is 2.18. The van der Waals surface area contributed by atoms with Crippen molar-refractivity contribution >= 4 is 33.4 Å². The Morgan fingerprint density at radius 1 is 1.27 bits per heavy atom. The molecule has 0 saturated heterocycles. The van der Waals surface area contributed by atoms with Gasteiger partial charge in [0.25, 0.3) is 5.69 Å². The highest BCUT2D eigenvalue weighted by atomic mass is 79.9. The van der Waals surface area contributed by atoms with Crippen LogP contribution in [0.4, 0.5) is 5.69 Å². The molecule has 0 aliphatic rings. The van der Waals surface area contributed by atoms with Crippen molar-refractivity contribution in [2.75, 3.05) is 0 Å². The van der Waals surface area contributed by atoms with Crippen LogP contribution in [-0.2, 0) is 0 Å². The van der Waals surface area contributed by atoms with E-state index >= 15 is 0 Å². The van der Waals surface area contributed by atoms with E-state index in [2.05, 4.69) is 4.98 Å². The number of nitrogens with zero attached hydrogens (tertiary/aromatic N) is 2. The Labute approximate surface area is 96.9 Å². The van der Waals surface area contributed by atoms with E-state index in [1.165, 1.54) is 6.07 Å². The maximum atomic E-state index is 10.7. The second-order valence-electron chi connectivity index (χ2n) is 3.03. The number of aromatic nitrogens is 1. The second-order valence-corrected chi connectivity index (χ2v) is 3.03. The van der Waals surface area contributed by atoms with Crippen LogP contribution in [0.5, 0.6) is 0 Å². The minimum Gasteiger partial charge on any atom is -0.261 e. The van der Waals surface area contributed by atoms with Gasteiger partial charge in [-0.05, 0) is 13.0 Å². The summed E-state index contributed by atoms with van der Waals surface area (Å²) in [5, 5.41) is 12.2. The molecule has 1 heterocycles. The number of benzene rings is 1. The van der Waals surface area contributed by atoms with Gasteiger partial charge < -0.3 is 0 Å². The lowest BCUT2D eigenvalue weighted by atomic mass is 10.1. The van der Waals surface area contributed by atoms with Gasteiger partial charge in [0.1, 0.15) is 0 Å². The molecule has 0 bridgehead atoms. The SMILES string of the molecule is Br.Cc1nccc2c([N+](=O)[O-])cccc12. The maximum absolute atomic E-state index is 10.7. The molecule has 0 N–H and O–H groups in total. The van der Waals surface area contributed by atoms with Crippen molar-refractivity contribution < 1.29 is 4.92 Å². The standard InChI is InChI=1S/C10H8N2O2.BrH/c1-7-8-3-2-4-10(12(13)14)9(8)5-6-11-7;/h2-6H,1H3;1H. The average molecular weight is 269 g/mol. The van der Waals surface area contributed by atoms with Crippen molar-refractivity contribution in [3.8, 4) is 0 Å². The van der Waals surface area contributed by atoms with Crippen LogP contribution in [0.1, 0.15) is 5.69 Å². The predicted octanol–water partition coefficient (Wildman–Crippen LogP) is 3.03. The number of nitro groups is 1. The summed E-state index contributed by atoms with van der Waals surface area (Å²) in [4.78, 5) is 14.4. The van der Waals surface area contributed by atoms with Gasteiger partial charge in [0.05, 0.1) is 10.3 Å². The number of nitro benzene ring substituents is 1. The smallest absolute Gasteiger partial charge is 0.261 e. The number of halogens is 1. The number of rotatable bonds is 1. The lowest BCUT2D eigenvalue weighted by Gasteiger charge is -2.00. The Hall–Kier alpha value is -1.49. The molecule has 5 heteroatoms. The van der Waals surface area contributed by atoms with E-state index in [9.17, 15) is 10.1 Å². The summed E-state index contributed by atoms with van der Waals surface area (Å²) in [7, 11) is 0. The molecule has 0 aliphatic heterocycles. The molecule has 2 aromatic rings. The van der Waals surface area contributed by atoms with Gasteiger partial charge in [-0.1, -0.05) is 12.1 Å². The molecule has 0 aliphatic carbocycles. The van der Waals surface area contributed by atoms with Crippen LogP contribution in [0.3, 0.4) is 0 Å². The fourth-order valence-corrected chi connectivity index (χ4v) is 1.50. The van der Waals surface area contributed by atoms with Crippen LogP contribution in [0.2, 0.25) is 0 Å². The van der Waals surface area contributed by atoms with Crippen LogP contribution in [0.15, 0.2) is 30.5 Å². The largest absolute Gasteiger partial charge is 0.277 e. The van der Waals surface area contributed by atoms with E-state index in [-0.39, 0.29) is 27.6 Å². The number of pyridine rings is 1. The topological polar surface area (TPSA) is 56.0 Å². The van der Waals surface area contributed by atoms with Crippen LogP contribution in [0, 0.1) is 17.0 Å². The van der Waals surface area contributed by atoms with Gasteiger partial charge in [-0.25, -0.2) is 0 Å². The van der Waals surface area contributed by atoms with Crippen molar-refractivity contribution in [1.82, 2.24) is 4.98 Å². The summed E-state index contributed by atoms with van der Waals surface area (Å²) in [5.74, 6) is 0. The van der Waals surface area contributed by atoms with Gasteiger partial charge in [-0.2, -0.15) is 0 Å². The number of hydrogen-bond donors (Lipinski definition) is 0. The summed E-state index contributed by atoms with van der Waals surface area (Å²) >= 11 is 0. The molecule has 4 nitrogen and oxygen atoms in total. The first-order valence-corrected chi connectivity index (χ1v) is 4.19. The normalized spacial score (nSPS) is 9.67. The lowest BCUT2D eigenvalue weighted by molar-refractivity contribution is -0.383. The highest BCUT2D eigenvalue weighted by Gasteiger charge is 2.11. The Kier molecular flexibility index (Phi) is 3.36. The summed E-state index contributed by atoms with van der Waals surface area (Å²) in [6.07, 6.45) is 1.59. The molecule has 0 amide bonds. The quantitative estimate of drug-likeness (QED) is 0.590.